The van der Waals surface area contributed by atoms with E-state index in [1.807, 2.05) is 6.07 Å². The molecule has 0 spiro atoms. The second-order valence-electron chi connectivity index (χ2n) is 7.35. The van der Waals surface area contributed by atoms with Gasteiger partial charge in [-0.3, -0.25) is 9.59 Å². The van der Waals surface area contributed by atoms with E-state index in [4.69, 9.17) is 10.00 Å². The van der Waals surface area contributed by atoms with Crippen molar-refractivity contribution >= 4 is 28.2 Å². The number of nitrogens with zero attached hydrogens (tertiary/aromatic N) is 1. The Bertz CT molecular complexity index is 631. The normalized spacial score (nSPS) is 20.9. The third kappa shape index (κ3) is 4.81. The third-order valence-corrected chi connectivity index (χ3v) is 5.50. The molecule has 0 atom stereocenters. The van der Waals surface area contributed by atoms with Crippen molar-refractivity contribution in [3.8, 4) is 6.07 Å². The Balaban J connectivity index is 1.76. The number of rotatable bonds is 4. The van der Waals surface area contributed by atoms with Crippen molar-refractivity contribution in [3.05, 3.63) is 17.0 Å². The van der Waals surface area contributed by atoms with Crippen LogP contribution >= 0.6 is 11.3 Å². The van der Waals surface area contributed by atoms with Gasteiger partial charge in [-0.15, -0.1) is 11.3 Å². The quantitative estimate of drug-likeness (QED) is 0.836. The Morgan fingerprint density at radius 1 is 1.33 bits per heavy atom. The molecule has 130 valence electrons. The van der Waals surface area contributed by atoms with Gasteiger partial charge in [0.05, 0.1) is 11.5 Å². The highest BCUT2D eigenvalue weighted by molar-refractivity contribution is 7.14. The van der Waals surface area contributed by atoms with Crippen LogP contribution in [0.2, 0.25) is 0 Å². The topological polar surface area (TPSA) is 79.2 Å². The van der Waals surface area contributed by atoms with Gasteiger partial charge < -0.3 is 10.1 Å². The molecule has 0 saturated heterocycles. The molecule has 1 fully saturated rings. The van der Waals surface area contributed by atoms with Crippen molar-refractivity contribution in [2.75, 3.05) is 11.9 Å². The van der Waals surface area contributed by atoms with Crippen LogP contribution < -0.4 is 5.32 Å². The molecule has 0 radical (unpaired) electrons. The molecule has 0 aromatic carbocycles. The summed E-state index contributed by atoms with van der Waals surface area (Å²) < 4.78 is 5.16. The molecule has 0 bridgehead atoms. The number of anilines is 1. The van der Waals surface area contributed by atoms with Crippen LogP contribution in [0, 0.1) is 28.6 Å². The maximum absolute atomic E-state index is 12.1. The maximum Gasteiger partial charge on any atom is 0.309 e. The Morgan fingerprint density at radius 2 is 2.00 bits per heavy atom. The van der Waals surface area contributed by atoms with E-state index in [1.54, 1.807) is 11.4 Å². The van der Waals surface area contributed by atoms with Gasteiger partial charge in [0.2, 0.25) is 0 Å². The first-order valence-corrected chi connectivity index (χ1v) is 9.13. The summed E-state index contributed by atoms with van der Waals surface area (Å²) in [6, 6.07) is 3.64. The molecular weight excluding hydrogens is 324 g/mol. The van der Waals surface area contributed by atoms with Gasteiger partial charge in [0.25, 0.3) is 5.91 Å². The number of nitriles is 1. The fraction of sp³-hybridized carbons (Fsp3) is 0.611. The van der Waals surface area contributed by atoms with Gasteiger partial charge in [-0.05, 0) is 48.5 Å². The Kier molecular flexibility index (Phi) is 6.00. The molecular formula is C18H24N2O3S. The molecule has 24 heavy (non-hydrogen) atoms. The van der Waals surface area contributed by atoms with E-state index in [0.717, 1.165) is 25.7 Å². The number of carbonyl (C=O) groups is 2. The molecule has 1 N–H and O–H groups in total. The molecule has 1 aliphatic rings. The second-order valence-corrected chi connectivity index (χ2v) is 8.26. The van der Waals surface area contributed by atoms with Crippen molar-refractivity contribution in [3.63, 3.8) is 0 Å². The molecule has 5 nitrogen and oxygen atoms in total. The number of esters is 1. The van der Waals surface area contributed by atoms with Gasteiger partial charge in [-0.25, -0.2) is 0 Å². The van der Waals surface area contributed by atoms with Crippen LogP contribution in [-0.2, 0) is 14.3 Å². The Labute approximate surface area is 147 Å². The third-order valence-electron chi connectivity index (χ3n) is 4.67. The number of hydrogen-bond acceptors (Lipinski definition) is 5. The Hall–Kier alpha value is -1.87. The van der Waals surface area contributed by atoms with Crippen molar-refractivity contribution in [1.29, 1.82) is 5.26 Å². The highest BCUT2D eigenvalue weighted by atomic mass is 32.1. The zero-order valence-electron chi connectivity index (χ0n) is 14.4. The maximum atomic E-state index is 12.1. The summed E-state index contributed by atoms with van der Waals surface area (Å²) in [6.45, 7) is 6.41. The lowest BCUT2D eigenvalue weighted by atomic mass is 9.70. The highest BCUT2D eigenvalue weighted by Gasteiger charge is 2.33. The van der Waals surface area contributed by atoms with Gasteiger partial charge in [0.1, 0.15) is 11.1 Å². The molecule has 2 rings (SSSR count). The monoisotopic (exact) mass is 348 g/mol. The number of carbonyl (C=O) groups excluding carboxylic acids is 2. The van der Waals surface area contributed by atoms with E-state index < -0.39 is 5.91 Å². The number of nitrogens with one attached hydrogen (secondary N) is 1. The highest BCUT2D eigenvalue weighted by Crippen LogP contribution is 2.40. The number of ether oxygens (including phenoxy) is 1. The summed E-state index contributed by atoms with van der Waals surface area (Å²) in [5.74, 6) is -0.171. The largest absolute Gasteiger partial charge is 0.455 e. The van der Waals surface area contributed by atoms with Crippen molar-refractivity contribution in [1.82, 2.24) is 0 Å². The molecule has 6 heteroatoms. The average molecular weight is 348 g/mol. The lowest BCUT2D eigenvalue weighted by molar-refractivity contribution is -0.153. The molecule has 1 aromatic heterocycles. The first-order valence-electron chi connectivity index (χ1n) is 8.25. The average Bonchev–Trinajstić information content (AvgIpc) is 2.99. The molecule has 1 aliphatic carbocycles. The predicted molar refractivity (Wildman–Crippen MR) is 93.5 cm³/mol. The van der Waals surface area contributed by atoms with Crippen molar-refractivity contribution < 1.29 is 14.3 Å². The van der Waals surface area contributed by atoms with Crippen LogP contribution in [0.15, 0.2) is 11.4 Å². The molecule has 1 amide bonds. The molecule has 1 aromatic rings. The smallest absolute Gasteiger partial charge is 0.309 e. The fourth-order valence-electron chi connectivity index (χ4n) is 3.11. The van der Waals surface area contributed by atoms with E-state index in [0.29, 0.717) is 16.5 Å². The molecule has 0 aliphatic heterocycles. The standard InChI is InChI=1S/C18H24N2O3S/c1-18(2,3)14-6-4-12(5-7-14)17(22)23-11-15(21)20-16-13(10-19)8-9-24-16/h8-9,12,14H,4-7,11H2,1-3H3,(H,20,21). The summed E-state index contributed by atoms with van der Waals surface area (Å²) in [6.07, 6.45) is 3.70. The van der Waals surface area contributed by atoms with E-state index in [-0.39, 0.29) is 23.9 Å². The summed E-state index contributed by atoms with van der Waals surface area (Å²) in [5.41, 5.74) is 0.689. The number of thiophene rings is 1. The van der Waals surface area contributed by atoms with E-state index in [9.17, 15) is 9.59 Å². The zero-order chi connectivity index (χ0) is 17.7. The SMILES string of the molecule is CC(C)(C)C1CCC(C(=O)OCC(=O)Nc2sccc2C#N)CC1. The van der Waals surface area contributed by atoms with E-state index in [1.165, 1.54) is 11.3 Å². The first-order chi connectivity index (χ1) is 11.3. The van der Waals surface area contributed by atoms with Crippen molar-refractivity contribution in [2.24, 2.45) is 17.3 Å². The fourth-order valence-corrected chi connectivity index (χ4v) is 3.86. The summed E-state index contributed by atoms with van der Waals surface area (Å²) in [4.78, 5) is 24.0. The van der Waals surface area contributed by atoms with Crippen LogP contribution in [0.1, 0.15) is 52.0 Å². The minimum atomic E-state index is -0.411. The van der Waals surface area contributed by atoms with Gasteiger partial charge >= 0.3 is 5.97 Å². The number of hydrogen-bond donors (Lipinski definition) is 1. The van der Waals surface area contributed by atoms with Crippen LogP contribution in [-0.4, -0.2) is 18.5 Å². The second kappa shape index (κ2) is 7.80. The first kappa shape index (κ1) is 18.5. The van der Waals surface area contributed by atoms with Crippen LogP contribution in [0.4, 0.5) is 5.00 Å². The predicted octanol–water partition coefficient (Wildman–Crippen LogP) is 3.95. The van der Waals surface area contributed by atoms with E-state index in [2.05, 4.69) is 26.1 Å². The number of amides is 1. The zero-order valence-corrected chi connectivity index (χ0v) is 15.2. The summed E-state index contributed by atoms with van der Waals surface area (Å²) in [7, 11) is 0. The summed E-state index contributed by atoms with van der Waals surface area (Å²) in [5, 5.41) is 13.7. The minimum absolute atomic E-state index is 0.104. The molecule has 0 unspecified atom stereocenters. The van der Waals surface area contributed by atoms with Gasteiger partial charge in [0, 0.05) is 0 Å². The summed E-state index contributed by atoms with van der Waals surface area (Å²) >= 11 is 1.27. The van der Waals surface area contributed by atoms with Crippen LogP contribution in [0.5, 0.6) is 0 Å². The molecule has 1 heterocycles. The van der Waals surface area contributed by atoms with E-state index >= 15 is 0 Å². The lowest BCUT2D eigenvalue weighted by Crippen LogP contribution is -2.31. The van der Waals surface area contributed by atoms with Crippen molar-refractivity contribution in [2.45, 2.75) is 46.5 Å². The van der Waals surface area contributed by atoms with Gasteiger partial charge in [0.15, 0.2) is 6.61 Å². The van der Waals surface area contributed by atoms with Gasteiger partial charge in [-0.2, -0.15) is 5.26 Å². The lowest BCUT2D eigenvalue weighted by Gasteiger charge is -2.36. The van der Waals surface area contributed by atoms with Crippen LogP contribution in [0.3, 0.4) is 0 Å². The minimum Gasteiger partial charge on any atom is -0.455 e. The van der Waals surface area contributed by atoms with Gasteiger partial charge in [-0.1, -0.05) is 20.8 Å². The molecule has 1 saturated carbocycles. The van der Waals surface area contributed by atoms with Crippen LogP contribution in [0.25, 0.3) is 0 Å². The Morgan fingerprint density at radius 3 is 2.58 bits per heavy atom.